The van der Waals surface area contributed by atoms with Gasteiger partial charge < -0.3 is 5.32 Å². The fourth-order valence-corrected chi connectivity index (χ4v) is 3.56. The summed E-state index contributed by atoms with van der Waals surface area (Å²) in [5.41, 5.74) is 2.57. The first-order chi connectivity index (χ1) is 12.5. The third-order valence-corrected chi connectivity index (χ3v) is 5.16. The van der Waals surface area contributed by atoms with Crippen molar-refractivity contribution in [1.29, 1.82) is 0 Å². The van der Waals surface area contributed by atoms with E-state index in [1.54, 1.807) is 23.5 Å². The molecule has 0 aliphatic heterocycles. The lowest BCUT2D eigenvalue weighted by atomic mass is 10.2. The number of nitrogens with one attached hydrogen (secondary N) is 1. The number of likely N-dealkylation sites (N-methyl/N-ethyl adjacent to an activating group) is 1. The minimum absolute atomic E-state index is 0.117. The van der Waals surface area contributed by atoms with Crippen LogP contribution in [-0.4, -0.2) is 29.4 Å². The van der Waals surface area contributed by atoms with Crippen LogP contribution in [0.2, 0.25) is 10.0 Å². The Balaban J connectivity index is 1.56. The lowest BCUT2D eigenvalue weighted by molar-refractivity contribution is -0.117. The maximum Gasteiger partial charge on any atom is 0.238 e. The molecule has 0 unspecified atom stereocenters. The van der Waals surface area contributed by atoms with E-state index in [1.165, 1.54) is 0 Å². The standard InChI is InChI=1S/C19H17Cl2N3OS/c1-24(11-18(25)23-17-5-3-2-4-16(17)21)10-15-12-26-19(22-15)13-6-8-14(20)9-7-13/h2-9,12H,10-11H2,1H3,(H,23,25). The fourth-order valence-electron chi connectivity index (χ4n) is 2.43. The normalized spacial score (nSPS) is 10.9. The highest BCUT2D eigenvalue weighted by Crippen LogP contribution is 2.25. The molecule has 3 rings (SSSR count). The molecule has 1 heterocycles. The second-order valence-corrected chi connectivity index (χ2v) is 7.55. The summed E-state index contributed by atoms with van der Waals surface area (Å²) in [5.74, 6) is -0.117. The van der Waals surface area contributed by atoms with E-state index in [1.807, 2.05) is 53.7 Å². The van der Waals surface area contributed by atoms with E-state index in [9.17, 15) is 4.79 Å². The number of hydrogen-bond donors (Lipinski definition) is 1. The highest BCUT2D eigenvalue weighted by molar-refractivity contribution is 7.13. The van der Waals surface area contributed by atoms with E-state index in [2.05, 4.69) is 10.3 Å². The molecule has 0 saturated carbocycles. The van der Waals surface area contributed by atoms with Crippen molar-refractivity contribution in [3.8, 4) is 10.6 Å². The van der Waals surface area contributed by atoms with Crippen molar-refractivity contribution in [1.82, 2.24) is 9.88 Å². The van der Waals surface area contributed by atoms with Crippen LogP contribution in [0.4, 0.5) is 5.69 Å². The van der Waals surface area contributed by atoms with Gasteiger partial charge in [-0.1, -0.05) is 47.5 Å². The van der Waals surface area contributed by atoms with Crippen molar-refractivity contribution in [2.45, 2.75) is 6.54 Å². The fraction of sp³-hybridized carbons (Fsp3) is 0.158. The summed E-state index contributed by atoms with van der Waals surface area (Å²) in [6.07, 6.45) is 0. The SMILES string of the molecule is CN(CC(=O)Nc1ccccc1Cl)Cc1csc(-c2ccc(Cl)cc2)n1. The highest BCUT2D eigenvalue weighted by atomic mass is 35.5. The monoisotopic (exact) mass is 405 g/mol. The number of para-hydroxylation sites is 1. The lowest BCUT2D eigenvalue weighted by Crippen LogP contribution is -2.30. The maximum absolute atomic E-state index is 12.2. The maximum atomic E-state index is 12.2. The lowest BCUT2D eigenvalue weighted by Gasteiger charge is -2.15. The van der Waals surface area contributed by atoms with Crippen molar-refractivity contribution >= 4 is 46.1 Å². The smallest absolute Gasteiger partial charge is 0.238 e. The summed E-state index contributed by atoms with van der Waals surface area (Å²) in [6.45, 7) is 0.832. The van der Waals surface area contributed by atoms with Crippen LogP contribution in [0, 0.1) is 0 Å². The van der Waals surface area contributed by atoms with Gasteiger partial charge in [-0.2, -0.15) is 0 Å². The Morgan fingerprint density at radius 1 is 1.15 bits per heavy atom. The minimum Gasteiger partial charge on any atom is -0.324 e. The van der Waals surface area contributed by atoms with Gasteiger partial charge in [-0.25, -0.2) is 4.98 Å². The van der Waals surface area contributed by atoms with Crippen molar-refractivity contribution < 1.29 is 4.79 Å². The topological polar surface area (TPSA) is 45.2 Å². The summed E-state index contributed by atoms with van der Waals surface area (Å²) in [5, 5.41) is 6.99. The van der Waals surface area contributed by atoms with Gasteiger partial charge in [0.25, 0.3) is 0 Å². The average molecular weight is 406 g/mol. The van der Waals surface area contributed by atoms with E-state index in [0.29, 0.717) is 22.3 Å². The molecule has 26 heavy (non-hydrogen) atoms. The van der Waals surface area contributed by atoms with E-state index in [-0.39, 0.29) is 12.5 Å². The van der Waals surface area contributed by atoms with Crippen molar-refractivity contribution in [2.75, 3.05) is 18.9 Å². The van der Waals surface area contributed by atoms with Crippen molar-refractivity contribution in [3.63, 3.8) is 0 Å². The first-order valence-electron chi connectivity index (χ1n) is 7.94. The largest absolute Gasteiger partial charge is 0.324 e. The van der Waals surface area contributed by atoms with Gasteiger partial charge in [0, 0.05) is 22.5 Å². The quantitative estimate of drug-likeness (QED) is 0.613. The molecule has 1 aromatic heterocycles. The Hall–Kier alpha value is -1.92. The van der Waals surface area contributed by atoms with Gasteiger partial charge in [0.1, 0.15) is 5.01 Å². The molecule has 0 aliphatic rings. The highest BCUT2D eigenvalue weighted by Gasteiger charge is 2.11. The van der Waals surface area contributed by atoms with Gasteiger partial charge in [0.05, 0.1) is 22.9 Å². The zero-order valence-corrected chi connectivity index (χ0v) is 16.4. The number of anilines is 1. The molecule has 0 aliphatic carbocycles. The number of carbonyl (C=O) groups is 1. The van der Waals surface area contributed by atoms with E-state index >= 15 is 0 Å². The third-order valence-electron chi connectivity index (χ3n) is 3.64. The summed E-state index contributed by atoms with van der Waals surface area (Å²) in [4.78, 5) is 18.7. The van der Waals surface area contributed by atoms with Crippen LogP contribution in [0.1, 0.15) is 5.69 Å². The molecule has 0 radical (unpaired) electrons. The minimum atomic E-state index is -0.117. The molecule has 0 bridgehead atoms. The van der Waals surface area contributed by atoms with E-state index in [0.717, 1.165) is 16.3 Å². The summed E-state index contributed by atoms with van der Waals surface area (Å²) >= 11 is 13.6. The first-order valence-corrected chi connectivity index (χ1v) is 9.58. The molecule has 7 heteroatoms. The van der Waals surface area contributed by atoms with Crippen LogP contribution in [0.3, 0.4) is 0 Å². The molecule has 0 spiro atoms. The van der Waals surface area contributed by atoms with Crippen LogP contribution in [-0.2, 0) is 11.3 Å². The Bertz CT molecular complexity index is 896. The van der Waals surface area contributed by atoms with Crippen LogP contribution in [0.25, 0.3) is 10.6 Å². The molecule has 1 amide bonds. The second kappa shape index (κ2) is 8.64. The molecule has 0 fully saturated rings. The van der Waals surface area contributed by atoms with Gasteiger partial charge in [0.15, 0.2) is 0 Å². The number of hydrogen-bond acceptors (Lipinski definition) is 4. The van der Waals surface area contributed by atoms with Crippen molar-refractivity contribution in [2.24, 2.45) is 0 Å². The van der Waals surface area contributed by atoms with Gasteiger partial charge in [-0.3, -0.25) is 9.69 Å². The first kappa shape index (κ1) is 18.9. The number of halogens is 2. The predicted molar refractivity (Wildman–Crippen MR) is 109 cm³/mol. The van der Waals surface area contributed by atoms with Crippen LogP contribution in [0.15, 0.2) is 53.9 Å². The average Bonchev–Trinajstić information content (AvgIpc) is 3.05. The number of benzene rings is 2. The molecule has 0 saturated heterocycles. The number of nitrogens with zero attached hydrogens (tertiary/aromatic N) is 2. The van der Waals surface area contributed by atoms with E-state index in [4.69, 9.17) is 23.2 Å². The number of amides is 1. The van der Waals surface area contributed by atoms with Crippen LogP contribution in [0.5, 0.6) is 0 Å². The predicted octanol–water partition coefficient (Wildman–Crippen LogP) is 5.19. The number of carbonyl (C=O) groups excluding carboxylic acids is 1. The second-order valence-electron chi connectivity index (χ2n) is 5.85. The Labute approximate surface area is 166 Å². The molecular formula is C19H17Cl2N3OS. The Morgan fingerprint density at radius 3 is 2.62 bits per heavy atom. The summed E-state index contributed by atoms with van der Waals surface area (Å²) in [7, 11) is 1.88. The Kier molecular flexibility index (Phi) is 6.27. The van der Waals surface area contributed by atoms with Gasteiger partial charge in [0.2, 0.25) is 5.91 Å². The molecule has 4 nitrogen and oxygen atoms in total. The molecule has 0 atom stereocenters. The van der Waals surface area contributed by atoms with Gasteiger partial charge >= 0.3 is 0 Å². The molecule has 134 valence electrons. The zero-order chi connectivity index (χ0) is 18.5. The van der Waals surface area contributed by atoms with E-state index < -0.39 is 0 Å². The van der Waals surface area contributed by atoms with Crippen LogP contribution < -0.4 is 5.32 Å². The Morgan fingerprint density at radius 2 is 1.88 bits per heavy atom. The molecule has 3 aromatic rings. The van der Waals surface area contributed by atoms with Gasteiger partial charge in [-0.05, 0) is 31.3 Å². The number of rotatable bonds is 6. The molecule has 2 aromatic carbocycles. The number of thiazole rings is 1. The molecular weight excluding hydrogens is 389 g/mol. The molecule has 1 N–H and O–H groups in total. The third kappa shape index (κ3) is 5.05. The van der Waals surface area contributed by atoms with Crippen molar-refractivity contribution in [3.05, 3.63) is 69.7 Å². The summed E-state index contributed by atoms with van der Waals surface area (Å²) in [6, 6.07) is 14.8. The van der Waals surface area contributed by atoms with Crippen LogP contribution >= 0.6 is 34.5 Å². The zero-order valence-electron chi connectivity index (χ0n) is 14.1. The summed E-state index contributed by atoms with van der Waals surface area (Å²) < 4.78 is 0. The van der Waals surface area contributed by atoms with Gasteiger partial charge in [-0.15, -0.1) is 11.3 Å². The number of aromatic nitrogens is 1.